The van der Waals surface area contributed by atoms with Crippen LogP contribution in [0.1, 0.15) is 84.7 Å². The van der Waals surface area contributed by atoms with Crippen LogP contribution >= 0.6 is 0 Å². The quantitative estimate of drug-likeness (QED) is 0.369. The molecule has 6 aliphatic rings. The molecule has 0 N–H and O–H groups in total. The fraction of sp³-hybridized carbons (Fsp3) is 0.524. The molecule has 9 nitrogen and oxygen atoms in total. The highest BCUT2D eigenvalue weighted by Gasteiger charge is 2.36. The van der Waals surface area contributed by atoms with Gasteiger partial charge < -0.3 is 14.7 Å². The van der Waals surface area contributed by atoms with Crippen LogP contribution in [0.25, 0.3) is 6.08 Å². The molecule has 5 aliphatic heterocycles. The first kappa shape index (κ1) is 33.9. The summed E-state index contributed by atoms with van der Waals surface area (Å²) in [7, 11) is 0. The average Bonchev–Trinajstić information content (AvgIpc) is 3.88. The summed E-state index contributed by atoms with van der Waals surface area (Å²) in [5.41, 5.74) is 9.08. The molecule has 0 saturated carbocycles. The Morgan fingerprint density at radius 1 is 0.882 bits per heavy atom. The number of hydrogen-bond acceptors (Lipinski definition) is 7. The highest BCUT2D eigenvalue weighted by Crippen LogP contribution is 2.33. The van der Waals surface area contributed by atoms with Gasteiger partial charge in [0.1, 0.15) is 0 Å². The molecule has 2 aromatic carbocycles. The number of benzene rings is 2. The fourth-order valence-electron chi connectivity index (χ4n) is 9.47. The lowest BCUT2D eigenvalue weighted by atomic mass is 9.80. The molecule has 1 aliphatic carbocycles. The summed E-state index contributed by atoms with van der Waals surface area (Å²) in [5.74, 6) is 0.676. The van der Waals surface area contributed by atoms with E-state index in [0.29, 0.717) is 44.4 Å². The third kappa shape index (κ3) is 7.27. The van der Waals surface area contributed by atoms with Crippen molar-refractivity contribution >= 4 is 41.8 Å². The maximum Gasteiger partial charge on any atom is 0.226 e. The SMILES string of the molecule is Cc1cc(C[C@@H](CC(=O)N2CCC(C3=Cc4ccccc4CC3=O)CC2)C(=O)N2CCC(N3CCC(C4=NN=CC4)CC3)CC2)cc2c1CN=C2. The van der Waals surface area contributed by atoms with Gasteiger partial charge in [-0.3, -0.25) is 19.4 Å². The van der Waals surface area contributed by atoms with E-state index in [-0.39, 0.29) is 29.9 Å². The molecule has 9 heteroatoms. The molecule has 0 unspecified atom stereocenters. The van der Waals surface area contributed by atoms with Crippen LogP contribution in [0.5, 0.6) is 0 Å². The Kier molecular flexibility index (Phi) is 9.82. The largest absolute Gasteiger partial charge is 0.343 e. The van der Waals surface area contributed by atoms with Crippen molar-refractivity contribution in [2.45, 2.75) is 83.7 Å². The lowest BCUT2D eigenvalue weighted by molar-refractivity contribution is -0.143. The van der Waals surface area contributed by atoms with Gasteiger partial charge in [-0.1, -0.05) is 30.3 Å². The zero-order chi connectivity index (χ0) is 34.9. The van der Waals surface area contributed by atoms with Crippen molar-refractivity contribution in [2.24, 2.45) is 32.9 Å². The number of piperidine rings is 3. The second-order valence-corrected chi connectivity index (χ2v) is 15.6. The van der Waals surface area contributed by atoms with Gasteiger partial charge in [0.15, 0.2) is 5.78 Å². The number of rotatable bonds is 8. The van der Waals surface area contributed by atoms with E-state index in [1.807, 2.05) is 40.4 Å². The summed E-state index contributed by atoms with van der Waals surface area (Å²) in [6.07, 6.45) is 13.8. The van der Waals surface area contributed by atoms with Gasteiger partial charge in [-0.2, -0.15) is 10.2 Å². The summed E-state index contributed by atoms with van der Waals surface area (Å²) >= 11 is 0. The number of fused-ring (bicyclic) bond motifs is 2. The minimum absolute atomic E-state index is 0.0514. The van der Waals surface area contributed by atoms with E-state index >= 15 is 0 Å². The van der Waals surface area contributed by atoms with Crippen LogP contribution in [0, 0.1) is 24.7 Å². The number of amides is 2. The van der Waals surface area contributed by atoms with Crippen LogP contribution in [0.4, 0.5) is 0 Å². The normalized spacial score (nSPS) is 22.2. The first-order valence-corrected chi connectivity index (χ1v) is 19.2. The summed E-state index contributed by atoms with van der Waals surface area (Å²) in [5, 5.41) is 8.43. The van der Waals surface area contributed by atoms with Crippen LogP contribution in [-0.2, 0) is 33.8 Å². The number of aryl methyl sites for hydroxylation is 1. The van der Waals surface area contributed by atoms with Crippen molar-refractivity contribution in [3.05, 3.63) is 75.4 Å². The van der Waals surface area contributed by atoms with E-state index in [4.69, 9.17) is 0 Å². The number of hydrogen-bond donors (Lipinski definition) is 0. The Labute approximate surface area is 301 Å². The van der Waals surface area contributed by atoms with Gasteiger partial charge in [0, 0.05) is 75.5 Å². The molecule has 2 aromatic rings. The Morgan fingerprint density at radius 2 is 1.63 bits per heavy atom. The van der Waals surface area contributed by atoms with Gasteiger partial charge in [-0.15, -0.1) is 0 Å². The number of Topliss-reactive ketones (excluding diaryl/α,β-unsaturated/α-hetero) is 1. The van der Waals surface area contributed by atoms with Crippen LogP contribution < -0.4 is 0 Å². The zero-order valence-electron chi connectivity index (χ0n) is 29.9. The number of likely N-dealkylation sites (tertiary alicyclic amines) is 3. The predicted molar refractivity (Wildman–Crippen MR) is 201 cm³/mol. The topological polar surface area (TPSA) is 98.0 Å². The van der Waals surface area contributed by atoms with Gasteiger partial charge in [0.05, 0.1) is 12.5 Å². The van der Waals surface area contributed by atoms with E-state index in [0.717, 1.165) is 99.0 Å². The van der Waals surface area contributed by atoms with E-state index in [9.17, 15) is 14.4 Å². The Hall–Kier alpha value is -4.24. The number of nitrogens with zero attached hydrogens (tertiary/aromatic N) is 6. The van der Waals surface area contributed by atoms with E-state index in [2.05, 4.69) is 51.3 Å². The van der Waals surface area contributed by atoms with Crippen LogP contribution in [0.15, 0.2) is 57.2 Å². The Morgan fingerprint density at radius 3 is 2.39 bits per heavy atom. The standard InChI is InChI=1S/C42H50N6O3/c1-28-20-29(22-35-26-43-27-38(28)35)21-34(42(51)48-18-11-36(12-19-48)46-14-9-31(10-15-46)39-6-13-44-45-39)25-41(50)47-16-7-30(8-17-47)37-23-32-4-2-3-5-33(32)24-40(37)49/h2-5,13,20,22-23,26,30-31,34,36H,6-12,14-19,21,24-25,27H2,1H3/t34-/m0/s1. The van der Waals surface area contributed by atoms with Gasteiger partial charge in [-0.25, -0.2) is 0 Å². The highest BCUT2D eigenvalue weighted by atomic mass is 16.2. The predicted octanol–water partition coefficient (Wildman–Crippen LogP) is 5.46. The minimum Gasteiger partial charge on any atom is -0.343 e. The molecular formula is C42H50N6O3. The summed E-state index contributed by atoms with van der Waals surface area (Å²) in [6.45, 7) is 7.71. The first-order chi connectivity index (χ1) is 24.9. The number of ketones is 1. The fourth-order valence-corrected chi connectivity index (χ4v) is 9.47. The maximum atomic E-state index is 14.4. The maximum absolute atomic E-state index is 14.4. The molecule has 0 bridgehead atoms. The monoisotopic (exact) mass is 686 g/mol. The molecule has 0 aromatic heterocycles. The molecule has 266 valence electrons. The number of aliphatic imine (C=N–C) groups is 1. The molecule has 0 radical (unpaired) electrons. The molecule has 8 rings (SSSR count). The Balaban J connectivity index is 0.907. The zero-order valence-corrected chi connectivity index (χ0v) is 29.9. The lowest BCUT2D eigenvalue weighted by Gasteiger charge is -2.42. The highest BCUT2D eigenvalue weighted by molar-refractivity contribution is 6.04. The van der Waals surface area contributed by atoms with Crippen molar-refractivity contribution in [3.8, 4) is 0 Å². The molecule has 3 fully saturated rings. The van der Waals surface area contributed by atoms with Crippen molar-refractivity contribution in [1.29, 1.82) is 0 Å². The van der Waals surface area contributed by atoms with Gasteiger partial charge in [-0.05, 0) is 122 Å². The number of allylic oxidation sites excluding steroid dienone is 1. The molecule has 1 atom stereocenters. The van der Waals surface area contributed by atoms with Crippen molar-refractivity contribution < 1.29 is 14.4 Å². The van der Waals surface area contributed by atoms with Crippen molar-refractivity contribution in [1.82, 2.24) is 14.7 Å². The summed E-state index contributed by atoms with van der Waals surface area (Å²) in [4.78, 5) is 52.5. The number of carbonyl (C=O) groups is 3. The van der Waals surface area contributed by atoms with E-state index < -0.39 is 5.92 Å². The summed E-state index contributed by atoms with van der Waals surface area (Å²) in [6, 6.07) is 13.0. The second kappa shape index (κ2) is 14.8. The molecule has 51 heavy (non-hydrogen) atoms. The molecule has 0 spiro atoms. The van der Waals surface area contributed by atoms with Crippen LogP contribution in [0.3, 0.4) is 0 Å². The summed E-state index contributed by atoms with van der Waals surface area (Å²) < 4.78 is 0. The first-order valence-electron chi connectivity index (χ1n) is 19.2. The number of carbonyl (C=O) groups excluding carboxylic acids is 3. The smallest absolute Gasteiger partial charge is 0.226 e. The van der Waals surface area contributed by atoms with Gasteiger partial charge >= 0.3 is 0 Å². The molecule has 3 saturated heterocycles. The second-order valence-electron chi connectivity index (χ2n) is 15.6. The molecule has 2 amide bonds. The lowest BCUT2D eigenvalue weighted by Crippen LogP contribution is -2.51. The van der Waals surface area contributed by atoms with Crippen LogP contribution in [0.2, 0.25) is 0 Å². The van der Waals surface area contributed by atoms with Gasteiger partial charge in [0.2, 0.25) is 11.8 Å². The molecule has 5 heterocycles. The van der Waals surface area contributed by atoms with E-state index in [1.165, 1.54) is 16.8 Å². The third-order valence-corrected chi connectivity index (χ3v) is 12.5. The van der Waals surface area contributed by atoms with Gasteiger partial charge in [0.25, 0.3) is 0 Å². The van der Waals surface area contributed by atoms with Crippen molar-refractivity contribution in [2.75, 3.05) is 39.3 Å². The minimum atomic E-state index is -0.410. The van der Waals surface area contributed by atoms with Crippen LogP contribution in [-0.4, -0.2) is 95.7 Å². The van der Waals surface area contributed by atoms with Crippen molar-refractivity contribution in [3.63, 3.8) is 0 Å². The Bertz CT molecular complexity index is 1800. The molecular weight excluding hydrogens is 637 g/mol. The van der Waals surface area contributed by atoms with E-state index in [1.54, 1.807) is 0 Å². The third-order valence-electron chi connectivity index (χ3n) is 12.5. The average molecular weight is 687 g/mol.